The summed E-state index contributed by atoms with van der Waals surface area (Å²) >= 11 is 0. The van der Waals surface area contributed by atoms with E-state index in [1.807, 2.05) is 21.1 Å². The monoisotopic (exact) mass is 945 g/mol. The second-order valence-electron chi connectivity index (χ2n) is 18.5. The van der Waals surface area contributed by atoms with Crippen LogP contribution in [0.15, 0.2) is 85.1 Å². The van der Waals surface area contributed by atoms with Crippen molar-refractivity contribution in [2.45, 2.75) is 213 Å². The molecule has 0 aliphatic rings. The molecule has 2 unspecified atom stereocenters. The van der Waals surface area contributed by atoms with Crippen molar-refractivity contribution < 1.29 is 42.1 Å². The van der Waals surface area contributed by atoms with Crippen LogP contribution in [0.25, 0.3) is 0 Å². The SMILES string of the molecule is CC/C=C\C/C=C\C/C=C\C/C=C\C/C=C\C/C=C\C/C=C\CCCCCCCCCC(=O)OC(COC(=O)CCCCCCCCCCCCCCC)COP(=O)(O)OCC[N+](C)(C)C. The number of phosphoric ester groups is 1. The zero-order valence-electron chi connectivity index (χ0n) is 42.9. The molecule has 0 aliphatic heterocycles. The Kier molecular flexibility index (Phi) is 45.3. The fourth-order valence-corrected chi connectivity index (χ4v) is 7.62. The van der Waals surface area contributed by atoms with Gasteiger partial charge in [0.05, 0.1) is 27.7 Å². The molecule has 0 saturated carbocycles. The normalized spacial score (nSPS) is 14.1. The zero-order chi connectivity index (χ0) is 48.5. The second-order valence-corrected chi connectivity index (χ2v) is 20.0. The Morgan fingerprint density at radius 3 is 1.29 bits per heavy atom. The number of allylic oxidation sites excluding steroid dienone is 14. The number of hydrogen-bond acceptors (Lipinski definition) is 7. The van der Waals surface area contributed by atoms with E-state index in [1.165, 1.54) is 83.5 Å². The van der Waals surface area contributed by atoms with Crippen molar-refractivity contribution in [3.63, 3.8) is 0 Å². The fourth-order valence-electron chi connectivity index (χ4n) is 6.88. The van der Waals surface area contributed by atoms with Gasteiger partial charge in [0.25, 0.3) is 0 Å². The predicted molar refractivity (Wildman–Crippen MR) is 279 cm³/mol. The molecule has 0 aromatic rings. The Bertz CT molecular complexity index is 1390. The highest BCUT2D eigenvalue weighted by Gasteiger charge is 2.27. The number of phosphoric acid groups is 1. The van der Waals surface area contributed by atoms with Gasteiger partial charge in [-0.1, -0.05) is 208 Å². The molecule has 9 nitrogen and oxygen atoms in total. The van der Waals surface area contributed by atoms with Crippen LogP contribution in [0, 0.1) is 0 Å². The smallest absolute Gasteiger partial charge is 0.462 e. The molecule has 1 N–H and O–H groups in total. The van der Waals surface area contributed by atoms with Crippen LogP contribution in [0.3, 0.4) is 0 Å². The molecule has 0 radical (unpaired) electrons. The Morgan fingerprint density at radius 1 is 0.485 bits per heavy atom. The molecule has 2 atom stereocenters. The molecule has 0 fully saturated rings. The highest BCUT2D eigenvalue weighted by atomic mass is 31.2. The third-order valence-electron chi connectivity index (χ3n) is 10.9. The Labute approximate surface area is 405 Å². The van der Waals surface area contributed by atoms with Crippen LogP contribution < -0.4 is 0 Å². The number of carbonyl (C=O) groups is 2. The van der Waals surface area contributed by atoms with Crippen molar-refractivity contribution >= 4 is 19.8 Å². The van der Waals surface area contributed by atoms with Crippen LogP contribution in [-0.2, 0) is 32.7 Å². The molecule has 380 valence electrons. The summed E-state index contributed by atoms with van der Waals surface area (Å²) in [6.45, 7) is 4.30. The largest absolute Gasteiger partial charge is 0.472 e. The van der Waals surface area contributed by atoms with E-state index in [2.05, 4.69) is 98.9 Å². The maximum absolute atomic E-state index is 12.8. The number of ether oxygens (including phenoxy) is 2. The van der Waals surface area contributed by atoms with E-state index in [1.54, 1.807) is 0 Å². The first-order valence-corrected chi connectivity index (χ1v) is 27.8. The fraction of sp³-hybridized carbons (Fsp3) is 0.714. The lowest BCUT2D eigenvalue weighted by Crippen LogP contribution is -2.37. The summed E-state index contributed by atoms with van der Waals surface area (Å²) in [6.07, 6.45) is 62.1. The summed E-state index contributed by atoms with van der Waals surface area (Å²) in [5, 5.41) is 0. The molecular weight excluding hydrogens is 846 g/mol. The minimum absolute atomic E-state index is 0.0264. The highest BCUT2D eigenvalue weighted by Crippen LogP contribution is 2.43. The number of nitrogens with zero attached hydrogens (tertiary/aromatic N) is 1. The third-order valence-corrected chi connectivity index (χ3v) is 11.9. The van der Waals surface area contributed by atoms with Gasteiger partial charge >= 0.3 is 19.8 Å². The van der Waals surface area contributed by atoms with Crippen molar-refractivity contribution in [1.82, 2.24) is 0 Å². The Hall–Kier alpha value is -2.81. The molecule has 0 rings (SSSR count). The van der Waals surface area contributed by atoms with Crippen LogP contribution in [0.2, 0.25) is 0 Å². The van der Waals surface area contributed by atoms with Crippen LogP contribution in [0.5, 0.6) is 0 Å². The molecule has 10 heteroatoms. The van der Waals surface area contributed by atoms with Gasteiger partial charge in [0.1, 0.15) is 19.8 Å². The van der Waals surface area contributed by atoms with E-state index in [0.29, 0.717) is 17.4 Å². The highest BCUT2D eigenvalue weighted by molar-refractivity contribution is 7.47. The van der Waals surface area contributed by atoms with Crippen molar-refractivity contribution in [3.05, 3.63) is 85.1 Å². The molecule has 66 heavy (non-hydrogen) atoms. The Morgan fingerprint density at radius 2 is 0.864 bits per heavy atom. The first-order valence-electron chi connectivity index (χ1n) is 26.3. The van der Waals surface area contributed by atoms with Gasteiger partial charge in [-0.15, -0.1) is 0 Å². The maximum Gasteiger partial charge on any atom is 0.472 e. The van der Waals surface area contributed by atoms with Gasteiger partial charge in [0.15, 0.2) is 6.10 Å². The zero-order valence-corrected chi connectivity index (χ0v) is 43.8. The van der Waals surface area contributed by atoms with Crippen molar-refractivity contribution in [2.75, 3.05) is 47.5 Å². The lowest BCUT2D eigenvalue weighted by molar-refractivity contribution is -0.870. The van der Waals surface area contributed by atoms with Gasteiger partial charge in [-0.3, -0.25) is 18.6 Å². The first kappa shape index (κ1) is 63.2. The van der Waals surface area contributed by atoms with Crippen molar-refractivity contribution in [2.24, 2.45) is 0 Å². The minimum atomic E-state index is -4.39. The summed E-state index contributed by atoms with van der Waals surface area (Å²) < 4.78 is 34.4. The molecule has 0 aromatic carbocycles. The van der Waals surface area contributed by atoms with E-state index in [-0.39, 0.29) is 32.0 Å². The van der Waals surface area contributed by atoms with E-state index in [4.69, 9.17) is 18.5 Å². The number of quaternary nitrogens is 1. The molecule has 0 amide bonds. The van der Waals surface area contributed by atoms with Crippen LogP contribution in [0.1, 0.15) is 206 Å². The topological polar surface area (TPSA) is 108 Å². The standard InChI is InChI=1S/C56H98NO8P/c1-6-8-10-12-14-16-18-20-21-22-23-24-25-26-27-28-29-30-31-32-33-34-35-37-39-41-43-45-47-49-56(59)65-54(53-64-66(60,61)63-51-50-57(3,4)5)52-62-55(58)48-46-44-42-40-38-36-19-17-15-13-11-9-7-2/h8,10,14,16,20-21,23-24,26-27,29-30,32-33,54H,6-7,9,11-13,15,17-19,22,25,28,31,34-53H2,1-5H3/p+1/b10-8-,16-14-,21-20-,24-23-,27-26-,30-29-,33-32-. The van der Waals surface area contributed by atoms with E-state index < -0.39 is 26.5 Å². The van der Waals surface area contributed by atoms with Gasteiger partial charge in [0, 0.05) is 12.8 Å². The number of carbonyl (C=O) groups excluding carboxylic acids is 2. The van der Waals surface area contributed by atoms with E-state index in [0.717, 1.165) is 89.9 Å². The van der Waals surface area contributed by atoms with Gasteiger partial charge in [-0.05, 0) is 70.6 Å². The number of likely N-dealkylation sites (N-methyl/N-ethyl adjacent to an activating group) is 1. The van der Waals surface area contributed by atoms with Gasteiger partial charge in [0.2, 0.25) is 0 Å². The summed E-state index contributed by atoms with van der Waals surface area (Å²) in [7, 11) is 1.46. The molecule has 0 aliphatic carbocycles. The molecule has 0 aromatic heterocycles. The number of esters is 2. The molecule has 0 heterocycles. The third kappa shape index (κ3) is 50.6. The summed E-state index contributed by atoms with van der Waals surface area (Å²) in [5.41, 5.74) is 0. The van der Waals surface area contributed by atoms with Crippen molar-refractivity contribution in [1.29, 1.82) is 0 Å². The first-order chi connectivity index (χ1) is 32.0. The number of hydrogen-bond donors (Lipinski definition) is 1. The van der Waals surface area contributed by atoms with Crippen molar-refractivity contribution in [3.8, 4) is 0 Å². The van der Waals surface area contributed by atoms with Crippen LogP contribution in [0.4, 0.5) is 0 Å². The number of rotatable bonds is 47. The summed E-state index contributed by atoms with van der Waals surface area (Å²) in [6, 6.07) is 0. The van der Waals surface area contributed by atoms with Gasteiger partial charge in [-0.25, -0.2) is 4.57 Å². The van der Waals surface area contributed by atoms with E-state index >= 15 is 0 Å². The van der Waals surface area contributed by atoms with Gasteiger partial charge in [-0.2, -0.15) is 0 Å². The maximum atomic E-state index is 12.8. The lowest BCUT2D eigenvalue weighted by Gasteiger charge is -2.24. The number of unbranched alkanes of at least 4 members (excludes halogenated alkanes) is 19. The second kappa shape index (κ2) is 47.3. The average molecular weight is 945 g/mol. The quantitative estimate of drug-likeness (QED) is 0.0211. The van der Waals surface area contributed by atoms with Gasteiger partial charge < -0.3 is 18.9 Å². The van der Waals surface area contributed by atoms with Crippen LogP contribution in [-0.4, -0.2) is 74.9 Å². The molecule has 0 bridgehead atoms. The van der Waals surface area contributed by atoms with E-state index in [9.17, 15) is 19.0 Å². The lowest BCUT2D eigenvalue weighted by atomic mass is 10.0. The van der Waals surface area contributed by atoms with Crippen LogP contribution >= 0.6 is 7.82 Å². The molecule has 0 spiro atoms. The average Bonchev–Trinajstić information content (AvgIpc) is 3.27. The molecular formula is C56H99NO8P+. The Balaban J connectivity index is 4.23. The molecule has 0 saturated heterocycles. The predicted octanol–water partition coefficient (Wildman–Crippen LogP) is 15.9. The summed E-state index contributed by atoms with van der Waals surface area (Å²) in [4.78, 5) is 35.5. The summed E-state index contributed by atoms with van der Waals surface area (Å²) in [5.74, 6) is -0.812. The minimum Gasteiger partial charge on any atom is -0.462 e.